The van der Waals surface area contributed by atoms with E-state index in [1.165, 1.54) is 0 Å². The van der Waals surface area contributed by atoms with Gasteiger partial charge >= 0.3 is 0 Å². The van der Waals surface area contributed by atoms with Crippen LogP contribution in [0, 0.1) is 4.64 Å². The molecule has 0 atom stereocenters. The molecule has 0 saturated heterocycles. The van der Waals surface area contributed by atoms with Crippen molar-refractivity contribution >= 4 is 23.1 Å². The van der Waals surface area contributed by atoms with Crippen molar-refractivity contribution in [2.24, 2.45) is 0 Å². The summed E-state index contributed by atoms with van der Waals surface area (Å²) in [5.41, 5.74) is 0.830. The number of aromatic nitrogens is 2. The summed E-state index contributed by atoms with van der Waals surface area (Å²) in [6.45, 7) is 3.94. The zero-order valence-electron chi connectivity index (χ0n) is 8.64. The molecule has 15 heavy (non-hydrogen) atoms. The Labute approximate surface area is 93.0 Å². The molecule has 4 heteroatoms. The van der Waals surface area contributed by atoms with Crippen molar-refractivity contribution in [2.45, 2.75) is 19.8 Å². The number of hydrogen-bond donors (Lipinski definition) is 1. The van der Waals surface area contributed by atoms with Crippen molar-refractivity contribution in [1.82, 2.24) is 9.71 Å². The Morgan fingerprint density at radius 2 is 2.00 bits per heavy atom. The molecule has 0 saturated carbocycles. The van der Waals surface area contributed by atoms with Crippen LogP contribution in [0.5, 0.6) is 0 Å². The van der Waals surface area contributed by atoms with Crippen LogP contribution in [0.4, 0.5) is 0 Å². The van der Waals surface area contributed by atoms with Gasteiger partial charge in [-0.3, -0.25) is 0 Å². The van der Waals surface area contributed by atoms with E-state index in [4.69, 9.17) is 12.2 Å². The van der Waals surface area contributed by atoms with E-state index >= 15 is 0 Å². The molecular weight excluding hydrogens is 208 g/mol. The summed E-state index contributed by atoms with van der Waals surface area (Å²) < 4.78 is 1.42. The van der Waals surface area contributed by atoms with Crippen LogP contribution in [0.1, 0.15) is 25.6 Å². The minimum atomic E-state index is 0.140. The van der Waals surface area contributed by atoms with Gasteiger partial charge in [0.25, 0.3) is 0 Å². The quantitative estimate of drug-likeness (QED) is 0.592. The highest BCUT2D eigenvalue weighted by Crippen LogP contribution is 2.18. The summed E-state index contributed by atoms with van der Waals surface area (Å²) in [7, 11) is 0. The third-order valence-corrected chi connectivity index (χ3v) is 2.69. The van der Waals surface area contributed by atoms with Gasteiger partial charge in [-0.1, -0.05) is 38.2 Å². The van der Waals surface area contributed by atoms with Crippen LogP contribution < -0.4 is 0 Å². The van der Waals surface area contributed by atoms with Crippen molar-refractivity contribution in [3.63, 3.8) is 0 Å². The first kappa shape index (κ1) is 10.1. The van der Waals surface area contributed by atoms with E-state index in [9.17, 15) is 5.21 Å². The molecule has 2 aromatic rings. The lowest BCUT2D eigenvalue weighted by Gasteiger charge is -2.11. The van der Waals surface area contributed by atoms with Gasteiger partial charge in [0.1, 0.15) is 5.82 Å². The van der Waals surface area contributed by atoms with E-state index in [2.05, 4.69) is 4.98 Å². The molecule has 0 spiro atoms. The Hall–Kier alpha value is -1.42. The topological polar surface area (TPSA) is 38.0 Å². The van der Waals surface area contributed by atoms with E-state index < -0.39 is 0 Å². The second kappa shape index (κ2) is 3.62. The smallest absolute Gasteiger partial charge is 0.153 e. The molecule has 0 bridgehead atoms. The van der Waals surface area contributed by atoms with Crippen molar-refractivity contribution in [1.29, 1.82) is 0 Å². The van der Waals surface area contributed by atoms with E-state index in [1.54, 1.807) is 0 Å². The first-order valence-electron chi connectivity index (χ1n) is 4.82. The molecule has 0 fully saturated rings. The molecule has 3 nitrogen and oxygen atoms in total. The molecular formula is C11H12N2OS. The van der Waals surface area contributed by atoms with Crippen LogP contribution in [-0.4, -0.2) is 14.9 Å². The average molecular weight is 220 g/mol. The molecule has 1 aromatic carbocycles. The van der Waals surface area contributed by atoms with Crippen molar-refractivity contribution in [2.75, 3.05) is 0 Å². The number of para-hydroxylation sites is 1. The van der Waals surface area contributed by atoms with Gasteiger partial charge in [-0.15, -0.1) is 0 Å². The number of nitrogens with zero attached hydrogens (tertiary/aromatic N) is 2. The minimum Gasteiger partial charge on any atom is -0.426 e. The molecule has 2 rings (SSSR count). The second-order valence-electron chi connectivity index (χ2n) is 3.76. The lowest BCUT2D eigenvalue weighted by molar-refractivity contribution is 0.165. The largest absolute Gasteiger partial charge is 0.426 e. The zero-order valence-corrected chi connectivity index (χ0v) is 9.45. The molecule has 1 heterocycles. The lowest BCUT2D eigenvalue weighted by Crippen LogP contribution is -2.08. The standard InChI is InChI=1S/C11H12N2OS/c1-7(2)10-12-9-6-4-3-5-8(9)11(15)13(10)14/h3-7,14H,1-2H3. The van der Waals surface area contributed by atoms with Crippen LogP contribution in [0.15, 0.2) is 24.3 Å². The van der Waals surface area contributed by atoms with Crippen LogP contribution in [0.3, 0.4) is 0 Å². The SMILES string of the molecule is CC(C)c1nc2ccccc2c(=S)n1O. The number of benzene rings is 1. The van der Waals surface area contributed by atoms with E-state index in [-0.39, 0.29) is 5.92 Å². The van der Waals surface area contributed by atoms with E-state index in [0.717, 1.165) is 15.6 Å². The number of hydrogen-bond acceptors (Lipinski definition) is 3. The second-order valence-corrected chi connectivity index (χ2v) is 4.15. The predicted octanol–water partition coefficient (Wildman–Crippen LogP) is 3.13. The Bertz CT molecular complexity index is 560. The summed E-state index contributed by atoms with van der Waals surface area (Å²) in [5.74, 6) is 0.736. The van der Waals surface area contributed by atoms with Crippen molar-refractivity contribution < 1.29 is 5.21 Å². The fourth-order valence-corrected chi connectivity index (χ4v) is 1.78. The van der Waals surface area contributed by atoms with Crippen LogP contribution in [0.25, 0.3) is 10.9 Å². The monoisotopic (exact) mass is 220 g/mol. The third-order valence-electron chi connectivity index (χ3n) is 2.30. The van der Waals surface area contributed by atoms with Crippen LogP contribution in [-0.2, 0) is 0 Å². The summed E-state index contributed by atoms with van der Waals surface area (Å²) in [6.07, 6.45) is 0. The maximum atomic E-state index is 9.82. The molecule has 0 radical (unpaired) electrons. The fourth-order valence-electron chi connectivity index (χ4n) is 1.51. The van der Waals surface area contributed by atoms with Gasteiger partial charge in [-0.05, 0) is 12.1 Å². The van der Waals surface area contributed by atoms with Gasteiger partial charge in [0.2, 0.25) is 0 Å². The van der Waals surface area contributed by atoms with Gasteiger partial charge in [0, 0.05) is 11.3 Å². The third kappa shape index (κ3) is 1.61. The minimum absolute atomic E-state index is 0.140. The molecule has 0 unspecified atom stereocenters. The highest BCUT2D eigenvalue weighted by Gasteiger charge is 2.10. The molecule has 78 valence electrons. The first-order chi connectivity index (χ1) is 7.11. The average Bonchev–Trinajstić information content (AvgIpc) is 2.23. The fraction of sp³-hybridized carbons (Fsp3) is 0.273. The Balaban J connectivity index is 2.89. The van der Waals surface area contributed by atoms with Gasteiger partial charge in [-0.2, -0.15) is 4.73 Å². The van der Waals surface area contributed by atoms with Crippen molar-refractivity contribution in [3.05, 3.63) is 34.7 Å². The summed E-state index contributed by atoms with van der Waals surface area (Å²) >= 11 is 5.17. The Kier molecular flexibility index (Phi) is 2.44. The summed E-state index contributed by atoms with van der Waals surface area (Å²) in [4.78, 5) is 4.38. The molecule has 0 aliphatic heterocycles. The Morgan fingerprint density at radius 3 is 2.67 bits per heavy atom. The van der Waals surface area contributed by atoms with Gasteiger partial charge in [0.05, 0.1) is 5.52 Å². The predicted molar refractivity (Wildman–Crippen MR) is 61.8 cm³/mol. The zero-order chi connectivity index (χ0) is 11.0. The van der Waals surface area contributed by atoms with Crippen molar-refractivity contribution in [3.8, 4) is 0 Å². The maximum absolute atomic E-state index is 9.82. The van der Waals surface area contributed by atoms with E-state index in [1.807, 2.05) is 38.1 Å². The van der Waals surface area contributed by atoms with Gasteiger partial charge in [-0.25, -0.2) is 4.98 Å². The molecule has 0 aliphatic carbocycles. The lowest BCUT2D eigenvalue weighted by atomic mass is 10.2. The number of fused-ring (bicyclic) bond motifs is 1. The highest BCUT2D eigenvalue weighted by atomic mass is 32.1. The molecule has 1 N–H and O–H groups in total. The first-order valence-corrected chi connectivity index (χ1v) is 5.23. The normalized spacial score (nSPS) is 11.1. The van der Waals surface area contributed by atoms with E-state index in [0.29, 0.717) is 10.5 Å². The maximum Gasteiger partial charge on any atom is 0.153 e. The molecule has 1 aromatic heterocycles. The highest BCUT2D eigenvalue weighted by molar-refractivity contribution is 7.71. The van der Waals surface area contributed by atoms with Gasteiger partial charge in [0.15, 0.2) is 4.64 Å². The Morgan fingerprint density at radius 1 is 1.33 bits per heavy atom. The van der Waals surface area contributed by atoms with Crippen LogP contribution in [0.2, 0.25) is 0 Å². The summed E-state index contributed by atoms with van der Waals surface area (Å²) in [5, 5.41) is 10.6. The molecule has 0 amide bonds. The van der Waals surface area contributed by atoms with Crippen LogP contribution >= 0.6 is 12.2 Å². The number of rotatable bonds is 1. The molecule has 0 aliphatic rings. The summed E-state index contributed by atoms with van der Waals surface area (Å²) in [6, 6.07) is 7.56. The van der Waals surface area contributed by atoms with Gasteiger partial charge < -0.3 is 5.21 Å².